The zero-order valence-corrected chi connectivity index (χ0v) is 12.1. The van der Waals surface area contributed by atoms with E-state index < -0.39 is 6.10 Å². The Morgan fingerprint density at radius 3 is 2.89 bits per heavy atom. The molecule has 0 radical (unpaired) electrons. The summed E-state index contributed by atoms with van der Waals surface area (Å²) in [5.41, 5.74) is 3.21. The number of thiophene rings is 1. The molecule has 0 aromatic carbocycles. The van der Waals surface area contributed by atoms with E-state index in [0.717, 1.165) is 11.3 Å². The second-order valence-corrected chi connectivity index (χ2v) is 6.20. The molecule has 102 valence electrons. The van der Waals surface area contributed by atoms with Crippen molar-refractivity contribution in [2.24, 2.45) is 0 Å². The molecular weight excluding hydrogens is 256 g/mol. The normalized spacial score (nSPS) is 18.0. The highest BCUT2D eigenvalue weighted by Crippen LogP contribution is 2.29. The molecule has 1 saturated carbocycles. The summed E-state index contributed by atoms with van der Waals surface area (Å²) >= 11 is 1.65. The van der Waals surface area contributed by atoms with Crippen LogP contribution in [0.15, 0.2) is 23.0 Å². The van der Waals surface area contributed by atoms with Gasteiger partial charge in [-0.15, -0.1) is 0 Å². The maximum atomic E-state index is 10.3. The van der Waals surface area contributed by atoms with Gasteiger partial charge in [0.15, 0.2) is 0 Å². The smallest absolute Gasteiger partial charge is 0.0856 e. The van der Waals surface area contributed by atoms with Crippen molar-refractivity contribution in [3.05, 3.63) is 39.8 Å². The van der Waals surface area contributed by atoms with Crippen LogP contribution in [-0.4, -0.2) is 14.9 Å². The van der Waals surface area contributed by atoms with E-state index in [4.69, 9.17) is 0 Å². The molecule has 1 unspecified atom stereocenters. The Hall–Kier alpha value is -1.13. The van der Waals surface area contributed by atoms with Crippen molar-refractivity contribution >= 4 is 11.3 Å². The highest BCUT2D eigenvalue weighted by Gasteiger charge is 2.19. The first-order valence-electron chi connectivity index (χ1n) is 6.99. The number of aryl methyl sites for hydroxylation is 1. The first kappa shape index (κ1) is 12.9. The van der Waals surface area contributed by atoms with Gasteiger partial charge in [-0.3, -0.25) is 4.68 Å². The van der Waals surface area contributed by atoms with Gasteiger partial charge in [0.05, 0.1) is 17.8 Å². The zero-order chi connectivity index (χ0) is 13.2. The Kier molecular flexibility index (Phi) is 3.71. The fraction of sp³-hybridized carbons (Fsp3) is 0.533. The maximum absolute atomic E-state index is 10.3. The van der Waals surface area contributed by atoms with E-state index in [1.165, 1.54) is 31.2 Å². The highest BCUT2D eigenvalue weighted by molar-refractivity contribution is 7.08. The largest absolute Gasteiger partial charge is 0.388 e. The standard InChI is InChI=1S/C15H20N2OS/c1-11-9-19-10-14(11)15(18)8-12-6-7-17(16-12)13-4-2-3-5-13/h6-7,9-10,13,15,18H,2-5,8H2,1H3. The quantitative estimate of drug-likeness (QED) is 0.925. The molecular formula is C15H20N2OS. The van der Waals surface area contributed by atoms with Gasteiger partial charge < -0.3 is 5.11 Å². The number of aliphatic hydroxyl groups excluding tert-OH is 1. The first-order valence-corrected chi connectivity index (χ1v) is 7.93. The minimum Gasteiger partial charge on any atom is -0.388 e. The van der Waals surface area contributed by atoms with Gasteiger partial charge in [0.2, 0.25) is 0 Å². The molecule has 1 aliphatic carbocycles. The van der Waals surface area contributed by atoms with Crippen molar-refractivity contribution in [3.63, 3.8) is 0 Å². The van der Waals surface area contributed by atoms with Crippen molar-refractivity contribution in [2.75, 3.05) is 0 Å². The van der Waals surface area contributed by atoms with Gasteiger partial charge in [-0.25, -0.2) is 0 Å². The van der Waals surface area contributed by atoms with E-state index >= 15 is 0 Å². The van der Waals surface area contributed by atoms with Crippen molar-refractivity contribution in [2.45, 2.75) is 51.2 Å². The molecule has 0 spiro atoms. The van der Waals surface area contributed by atoms with Gasteiger partial charge in [-0.1, -0.05) is 12.8 Å². The van der Waals surface area contributed by atoms with Crippen LogP contribution in [0.25, 0.3) is 0 Å². The Morgan fingerprint density at radius 2 is 2.21 bits per heavy atom. The number of nitrogens with zero attached hydrogens (tertiary/aromatic N) is 2. The van der Waals surface area contributed by atoms with E-state index in [1.54, 1.807) is 11.3 Å². The van der Waals surface area contributed by atoms with Crippen molar-refractivity contribution < 1.29 is 5.11 Å². The summed E-state index contributed by atoms with van der Waals surface area (Å²) in [6.45, 7) is 2.05. The SMILES string of the molecule is Cc1cscc1C(O)Cc1ccn(C2CCCC2)n1. The minimum atomic E-state index is -0.432. The molecule has 1 aliphatic rings. The molecule has 0 amide bonds. The Labute approximate surface area is 117 Å². The van der Waals surface area contributed by atoms with Crippen LogP contribution in [-0.2, 0) is 6.42 Å². The van der Waals surface area contributed by atoms with Crippen LogP contribution in [0.4, 0.5) is 0 Å². The summed E-state index contributed by atoms with van der Waals surface area (Å²) in [5.74, 6) is 0. The second kappa shape index (κ2) is 5.47. The molecule has 19 heavy (non-hydrogen) atoms. The molecule has 0 aliphatic heterocycles. The molecule has 1 N–H and O–H groups in total. The lowest BCUT2D eigenvalue weighted by Gasteiger charge is -2.10. The zero-order valence-electron chi connectivity index (χ0n) is 11.2. The lowest BCUT2D eigenvalue weighted by Crippen LogP contribution is -2.07. The van der Waals surface area contributed by atoms with Crippen LogP contribution in [0.2, 0.25) is 0 Å². The Bertz CT molecular complexity index is 540. The van der Waals surface area contributed by atoms with E-state index in [-0.39, 0.29) is 0 Å². The fourth-order valence-corrected chi connectivity index (χ4v) is 3.78. The third-order valence-electron chi connectivity index (χ3n) is 4.02. The van der Waals surface area contributed by atoms with Crippen LogP contribution in [0.3, 0.4) is 0 Å². The summed E-state index contributed by atoms with van der Waals surface area (Å²) in [6, 6.07) is 2.62. The summed E-state index contributed by atoms with van der Waals surface area (Å²) in [6.07, 6.45) is 7.36. The minimum absolute atomic E-state index is 0.432. The van der Waals surface area contributed by atoms with Crippen molar-refractivity contribution in [3.8, 4) is 0 Å². The monoisotopic (exact) mass is 276 g/mol. The first-order chi connectivity index (χ1) is 9.24. The molecule has 3 rings (SSSR count). The summed E-state index contributed by atoms with van der Waals surface area (Å²) in [4.78, 5) is 0. The van der Waals surface area contributed by atoms with Gasteiger partial charge in [0.1, 0.15) is 0 Å². The van der Waals surface area contributed by atoms with Crippen LogP contribution in [0.5, 0.6) is 0 Å². The molecule has 1 fully saturated rings. The molecule has 3 nitrogen and oxygen atoms in total. The van der Waals surface area contributed by atoms with E-state index in [2.05, 4.69) is 21.4 Å². The number of aliphatic hydroxyl groups is 1. The third kappa shape index (κ3) is 2.74. The van der Waals surface area contributed by atoms with Crippen molar-refractivity contribution in [1.29, 1.82) is 0 Å². The average molecular weight is 276 g/mol. The Balaban J connectivity index is 1.68. The predicted octanol–water partition coefficient (Wildman–Crippen LogP) is 3.64. The highest BCUT2D eigenvalue weighted by atomic mass is 32.1. The predicted molar refractivity (Wildman–Crippen MR) is 77.5 cm³/mol. The Morgan fingerprint density at radius 1 is 1.42 bits per heavy atom. The lowest BCUT2D eigenvalue weighted by molar-refractivity contribution is 0.176. The van der Waals surface area contributed by atoms with Gasteiger partial charge in [-0.05, 0) is 47.7 Å². The van der Waals surface area contributed by atoms with E-state index in [1.807, 2.05) is 18.4 Å². The van der Waals surface area contributed by atoms with Crippen LogP contribution in [0.1, 0.15) is 54.6 Å². The van der Waals surface area contributed by atoms with Crippen LogP contribution in [0, 0.1) is 6.92 Å². The molecule has 2 heterocycles. The molecule has 1 atom stereocenters. The van der Waals surface area contributed by atoms with E-state index in [9.17, 15) is 5.11 Å². The number of aromatic nitrogens is 2. The van der Waals surface area contributed by atoms with Crippen molar-refractivity contribution in [1.82, 2.24) is 9.78 Å². The number of hydrogen-bond acceptors (Lipinski definition) is 3. The van der Waals surface area contributed by atoms with Gasteiger partial charge in [0, 0.05) is 12.6 Å². The van der Waals surface area contributed by atoms with Gasteiger partial charge in [-0.2, -0.15) is 16.4 Å². The molecule has 0 saturated heterocycles. The van der Waals surface area contributed by atoms with Gasteiger partial charge in [0.25, 0.3) is 0 Å². The average Bonchev–Trinajstić information content (AvgIpc) is 3.07. The molecule has 4 heteroatoms. The number of rotatable bonds is 4. The molecule has 2 aromatic rings. The number of hydrogen-bond donors (Lipinski definition) is 1. The second-order valence-electron chi connectivity index (χ2n) is 5.46. The van der Waals surface area contributed by atoms with Crippen LogP contribution < -0.4 is 0 Å². The topological polar surface area (TPSA) is 38.0 Å². The van der Waals surface area contributed by atoms with E-state index in [0.29, 0.717) is 12.5 Å². The summed E-state index contributed by atoms with van der Waals surface area (Å²) < 4.78 is 2.09. The maximum Gasteiger partial charge on any atom is 0.0856 e. The third-order valence-corrected chi connectivity index (χ3v) is 4.90. The fourth-order valence-electron chi connectivity index (χ4n) is 2.88. The van der Waals surface area contributed by atoms with Gasteiger partial charge >= 0.3 is 0 Å². The lowest BCUT2D eigenvalue weighted by atomic mass is 10.1. The molecule has 2 aromatic heterocycles. The molecule has 0 bridgehead atoms. The van der Waals surface area contributed by atoms with Crippen LogP contribution >= 0.6 is 11.3 Å². The summed E-state index contributed by atoms with van der Waals surface area (Å²) in [5, 5.41) is 19.0. The summed E-state index contributed by atoms with van der Waals surface area (Å²) in [7, 11) is 0.